The van der Waals surface area contributed by atoms with E-state index in [1.165, 1.54) is 4.88 Å². The number of aryl methyl sites for hydroxylation is 1. The maximum atomic E-state index is 13.3. The number of nitrogens with zero attached hydrogens (tertiary/aromatic N) is 2. The van der Waals surface area contributed by atoms with E-state index in [1.54, 1.807) is 16.2 Å². The summed E-state index contributed by atoms with van der Waals surface area (Å²) in [5, 5.41) is 2.95. The second-order valence-electron chi connectivity index (χ2n) is 8.11. The van der Waals surface area contributed by atoms with Crippen LogP contribution in [-0.2, 0) is 17.9 Å². The summed E-state index contributed by atoms with van der Waals surface area (Å²) >= 11 is 1.71. The van der Waals surface area contributed by atoms with Gasteiger partial charge in [0.1, 0.15) is 6.54 Å². The van der Waals surface area contributed by atoms with Gasteiger partial charge in [-0.25, -0.2) is 4.79 Å². The molecule has 1 aromatic carbocycles. The Bertz CT molecular complexity index is 789. The van der Waals surface area contributed by atoms with Crippen molar-refractivity contribution in [3.8, 4) is 0 Å². The van der Waals surface area contributed by atoms with Crippen molar-refractivity contribution < 1.29 is 9.59 Å². The average molecular weight is 430 g/mol. The van der Waals surface area contributed by atoms with Gasteiger partial charge < -0.3 is 15.1 Å². The van der Waals surface area contributed by atoms with E-state index in [0.717, 1.165) is 23.3 Å². The minimum Gasteiger partial charge on any atom is -0.338 e. The summed E-state index contributed by atoms with van der Waals surface area (Å²) in [4.78, 5) is 31.9. The summed E-state index contributed by atoms with van der Waals surface area (Å²) < 4.78 is 0. The van der Waals surface area contributed by atoms with Crippen molar-refractivity contribution in [3.05, 3.63) is 57.8 Å². The number of thiophene rings is 1. The Hall–Kier alpha value is -2.34. The summed E-state index contributed by atoms with van der Waals surface area (Å²) in [5.41, 5.74) is 1.09. The highest BCUT2D eigenvalue weighted by molar-refractivity contribution is 7.11. The van der Waals surface area contributed by atoms with Gasteiger partial charge in [0.05, 0.1) is 6.54 Å². The first-order valence-corrected chi connectivity index (χ1v) is 11.6. The van der Waals surface area contributed by atoms with Crippen LogP contribution in [-0.4, -0.2) is 41.4 Å². The van der Waals surface area contributed by atoms with Crippen LogP contribution in [0.5, 0.6) is 0 Å². The Balaban J connectivity index is 2.13. The molecule has 0 bridgehead atoms. The van der Waals surface area contributed by atoms with Gasteiger partial charge in [0.25, 0.3) is 0 Å². The van der Waals surface area contributed by atoms with Gasteiger partial charge in [-0.3, -0.25) is 4.79 Å². The first kappa shape index (κ1) is 23.9. The fraction of sp³-hybridized carbons (Fsp3) is 0.500. The Kier molecular flexibility index (Phi) is 9.87. The molecule has 1 aromatic heterocycles. The summed E-state index contributed by atoms with van der Waals surface area (Å²) in [6.45, 7) is 10.7. The molecule has 1 N–H and O–H groups in total. The topological polar surface area (TPSA) is 52.7 Å². The van der Waals surface area contributed by atoms with Gasteiger partial charge in [-0.2, -0.15) is 0 Å². The SMILES string of the molecule is CCCCNC(=O)N(CC(=O)N(Cc1ccccc1)Cc1ccc(C)s1)CC(C)C. The normalized spacial score (nSPS) is 10.8. The number of benzene rings is 1. The lowest BCUT2D eigenvalue weighted by atomic mass is 10.2. The van der Waals surface area contributed by atoms with E-state index >= 15 is 0 Å². The molecule has 0 saturated heterocycles. The van der Waals surface area contributed by atoms with E-state index in [0.29, 0.717) is 26.2 Å². The molecular weight excluding hydrogens is 394 g/mol. The molecule has 0 aliphatic carbocycles. The number of hydrogen-bond donors (Lipinski definition) is 1. The van der Waals surface area contributed by atoms with Gasteiger partial charge >= 0.3 is 6.03 Å². The maximum Gasteiger partial charge on any atom is 0.317 e. The fourth-order valence-electron chi connectivity index (χ4n) is 3.20. The molecule has 0 unspecified atom stereocenters. The highest BCUT2D eigenvalue weighted by Crippen LogP contribution is 2.19. The summed E-state index contributed by atoms with van der Waals surface area (Å²) in [7, 11) is 0. The molecule has 0 saturated carbocycles. The highest BCUT2D eigenvalue weighted by atomic mass is 32.1. The maximum absolute atomic E-state index is 13.3. The molecule has 2 rings (SSSR count). The van der Waals surface area contributed by atoms with Crippen LogP contribution in [0.25, 0.3) is 0 Å². The lowest BCUT2D eigenvalue weighted by molar-refractivity contribution is -0.133. The number of unbranched alkanes of at least 4 members (excludes halogenated alkanes) is 1. The largest absolute Gasteiger partial charge is 0.338 e. The summed E-state index contributed by atoms with van der Waals surface area (Å²) in [6, 6.07) is 14.0. The number of carbonyl (C=O) groups excluding carboxylic acids is 2. The Morgan fingerprint density at radius 2 is 1.77 bits per heavy atom. The first-order chi connectivity index (χ1) is 14.4. The van der Waals surface area contributed by atoms with Crippen molar-refractivity contribution in [2.24, 2.45) is 5.92 Å². The number of rotatable bonds is 11. The fourth-order valence-corrected chi connectivity index (χ4v) is 4.11. The molecule has 0 spiro atoms. The van der Waals surface area contributed by atoms with E-state index < -0.39 is 0 Å². The average Bonchev–Trinajstić information content (AvgIpc) is 3.12. The summed E-state index contributed by atoms with van der Waals surface area (Å²) in [5.74, 6) is 0.258. The van der Waals surface area contributed by atoms with Crippen molar-refractivity contribution >= 4 is 23.3 Å². The second kappa shape index (κ2) is 12.4. The second-order valence-corrected chi connectivity index (χ2v) is 9.48. The van der Waals surface area contributed by atoms with Crippen LogP contribution in [0.2, 0.25) is 0 Å². The van der Waals surface area contributed by atoms with Crippen LogP contribution in [0.1, 0.15) is 48.9 Å². The molecule has 0 radical (unpaired) electrons. The standard InChI is InChI=1S/C24H35N3O2S/c1-5-6-14-25-24(29)27(15-19(2)3)18-23(28)26(16-21-10-8-7-9-11-21)17-22-13-12-20(4)30-22/h7-13,19H,5-6,14-18H2,1-4H3,(H,25,29). The predicted octanol–water partition coefficient (Wildman–Crippen LogP) is 5.05. The van der Waals surface area contributed by atoms with Gasteiger partial charge in [-0.1, -0.05) is 57.5 Å². The third kappa shape index (κ3) is 8.19. The highest BCUT2D eigenvalue weighted by Gasteiger charge is 2.22. The molecule has 0 aliphatic rings. The lowest BCUT2D eigenvalue weighted by Crippen LogP contribution is -2.47. The van der Waals surface area contributed by atoms with Gasteiger partial charge in [0.15, 0.2) is 0 Å². The van der Waals surface area contributed by atoms with Crippen LogP contribution in [0.15, 0.2) is 42.5 Å². The number of amides is 3. The Morgan fingerprint density at radius 3 is 2.37 bits per heavy atom. The molecular formula is C24H35N3O2S. The zero-order valence-electron chi connectivity index (χ0n) is 18.7. The van der Waals surface area contributed by atoms with E-state index in [1.807, 2.05) is 35.2 Å². The number of hydrogen-bond acceptors (Lipinski definition) is 3. The molecule has 0 fully saturated rings. The van der Waals surface area contributed by atoms with Gasteiger partial charge in [0.2, 0.25) is 5.91 Å². The molecule has 6 heteroatoms. The molecule has 164 valence electrons. The third-order valence-electron chi connectivity index (χ3n) is 4.72. The molecule has 3 amide bonds. The Labute approximate surface area is 185 Å². The van der Waals surface area contributed by atoms with Crippen LogP contribution < -0.4 is 5.32 Å². The van der Waals surface area contributed by atoms with E-state index in [4.69, 9.17) is 0 Å². The van der Waals surface area contributed by atoms with Gasteiger partial charge in [0, 0.05) is 29.4 Å². The van der Waals surface area contributed by atoms with Crippen LogP contribution >= 0.6 is 11.3 Å². The molecule has 0 aliphatic heterocycles. The minimum absolute atomic E-state index is 0.0313. The van der Waals surface area contributed by atoms with Crippen molar-refractivity contribution in [2.45, 2.75) is 53.6 Å². The van der Waals surface area contributed by atoms with Crippen LogP contribution in [0.3, 0.4) is 0 Å². The van der Waals surface area contributed by atoms with Crippen molar-refractivity contribution in [1.82, 2.24) is 15.1 Å². The van der Waals surface area contributed by atoms with Gasteiger partial charge in [-0.05, 0) is 37.0 Å². The van der Waals surface area contributed by atoms with E-state index in [-0.39, 0.29) is 24.4 Å². The van der Waals surface area contributed by atoms with Crippen molar-refractivity contribution in [3.63, 3.8) is 0 Å². The van der Waals surface area contributed by atoms with Crippen LogP contribution in [0.4, 0.5) is 4.79 Å². The lowest BCUT2D eigenvalue weighted by Gasteiger charge is -2.29. The zero-order valence-corrected chi connectivity index (χ0v) is 19.5. The number of nitrogens with one attached hydrogen (secondary N) is 1. The minimum atomic E-state index is -0.155. The molecule has 1 heterocycles. The van der Waals surface area contributed by atoms with E-state index in [9.17, 15) is 9.59 Å². The number of carbonyl (C=O) groups is 2. The van der Waals surface area contributed by atoms with E-state index in [2.05, 4.69) is 45.1 Å². The monoisotopic (exact) mass is 429 g/mol. The number of urea groups is 1. The van der Waals surface area contributed by atoms with Crippen LogP contribution in [0, 0.1) is 12.8 Å². The molecule has 0 atom stereocenters. The molecule has 5 nitrogen and oxygen atoms in total. The third-order valence-corrected chi connectivity index (χ3v) is 5.70. The first-order valence-electron chi connectivity index (χ1n) is 10.8. The summed E-state index contributed by atoms with van der Waals surface area (Å²) in [6.07, 6.45) is 1.96. The molecule has 2 aromatic rings. The quantitative estimate of drug-likeness (QED) is 0.508. The predicted molar refractivity (Wildman–Crippen MR) is 124 cm³/mol. The smallest absolute Gasteiger partial charge is 0.317 e. The Morgan fingerprint density at radius 1 is 1.03 bits per heavy atom. The molecule has 30 heavy (non-hydrogen) atoms. The van der Waals surface area contributed by atoms with Crippen molar-refractivity contribution in [1.29, 1.82) is 0 Å². The van der Waals surface area contributed by atoms with Gasteiger partial charge in [-0.15, -0.1) is 11.3 Å². The zero-order chi connectivity index (χ0) is 21.9. The van der Waals surface area contributed by atoms with Crippen molar-refractivity contribution in [2.75, 3.05) is 19.6 Å².